The Labute approximate surface area is 194 Å². The highest BCUT2D eigenvalue weighted by atomic mass is 32.1. The van der Waals surface area contributed by atoms with Crippen molar-refractivity contribution in [3.63, 3.8) is 0 Å². The second-order valence-corrected chi connectivity index (χ2v) is 16.0. The van der Waals surface area contributed by atoms with Crippen LogP contribution in [0.1, 0.15) is 51.8 Å². The van der Waals surface area contributed by atoms with Gasteiger partial charge in [0.15, 0.2) is 0 Å². The van der Waals surface area contributed by atoms with Crippen LogP contribution in [0.25, 0.3) is 0 Å². The van der Waals surface area contributed by atoms with Crippen molar-refractivity contribution >= 4 is 19.7 Å². The highest BCUT2D eigenvalue weighted by Gasteiger charge is 2.39. The minimum atomic E-state index is -1.88. The molecule has 0 amide bonds. The summed E-state index contributed by atoms with van der Waals surface area (Å²) in [7, 11) is -1.88. The number of hydrogen-bond donors (Lipinski definition) is 0. The Bertz CT molecular complexity index is 859. The molecule has 0 spiro atoms. The van der Waals surface area contributed by atoms with E-state index in [2.05, 4.69) is 105 Å². The number of piperazine rings is 1. The van der Waals surface area contributed by atoms with Crippen LogP contribution in [-0.4, -0.2) is 49.8 Å². The summed E-state index contributed by atoms with van der Waals surface area (Å²) in [6.07, 6.45) is 2.02. The molecule has 1 saturated heterocycles. The molecule has 0 radical (unpaired) electrons. The molecule has 5 heteroatoms. The van der Waals surface area contributed by atoms with E-state index in [1.165, 1.54) is 11.1 Å². The van der Waals surface area contributed by atoms with E-state index in [4.69, 9.17) is 4.43 Å². The van der Waals surface area contributed by atoms with Crippen LogP contribution in [0.3, 0.4) is 0 Å². The van der Waals surface area contributed by atoms with Gasteiger partial charge in [-0.3, -0.25) is 9.80 Å². The molecule has 170 valence electrons. The van der Waals surface area contributed by atoms with Crippen LogP contribution in [0.4, 0.5) is 0 Å². The first-order valence-electron chi connectivity index (χ1n) is 11.5. The smallest absolute Gasteiger partial charge is 0.250 e. The molecule has 1 fully saturated rings. The summed E-state index contributed by atoms with van der Waals surface area (Å²) in [5, 5.41) is 4.68. The summed E-state index contributed by atoms with van der Waals surface area (Å²) in [6.45, 7) is 23.2. The van der Waals surface area contributed by atoms with E-state index in [1.807, 2.05) is 6.08 Å². The lowest BCUT2D eigenvalue weighted by atomic mass is 9.95. The van der Waals surface area contributed by atoms with Crippen LogP contribution in [0, 0.1) is 0 Å². The lowest BCUT2D eigenvalue weighted by Gasteiger charge is -2.47. The van der Waals surface area contributed by atoms with E-state index in [0.29, 0.717) is 12.1 Å². The van der Waals surface area contributed by atoms with E-state index in [9.17, 15) is 0 Å². The molecule has 1 aromatic heterocycles. The first kappa shape index (κ1) is 24.2. The van der Waals surface area contributed by atoms with Gasteiger partial charge in [0.25, 0.3) is 0 Å². The summed E-state index contributed by atoms with van der Waals surface area (Å²) < 4.78 is 6.66. The maximum Gasteiger partial charge on any atom is 0.250 e. The van der Waals surface area contributed by atoms with Gasteiger partial charge in [-0.2, -0.15) is 11.3 Å². The van der Waals surface area contributed by atoms with Crippen molar-refractivity contribution in [2.75, 3.05) is 19.6 Å². The summed E-state index contributed by atoms with van der Waals surface area (Å²) >= 11 is 1.78. The Kier molecular flexibility index (Phi) is 7.52. The van der Waals surface area contributed by atoms with Gasteiger partial charge >= 0.3 is 0 Å². The van der Waals surface area contributed by atoms with Gasteiger partial charge in [0.1, 0.15) is 5.75 Å². The number of rotatable bonds is 7. The molecule has 1 aliphatic rings. The third-order valence-electron chi connectivity index (χ3n) is 7.07. The van der Waals surface area contributed by atoms with Crippen molar-refractivity contribution in [1.29, 1.82) is 0 Å². The quantitative estimate of drug-likeness (QED) is 0.336. The summed E-state index contributed by atoms with van der Waals surface area (Å²) in [5.74, 6) is 1.01. The van der Waals surface area contributed by atoms with Crippen LogP contribution < -0.4 is 4.43 Å². The molecular formula is C26H40N2OSSi. The van der Waals surface area contributed by atoms with Crippen LogP contribution in [0.5, 0.6) is 5.75 Å². The van der Waals surface area contributed by atoms with Gasteiger partial charge < -0.3 is 4.43 Å². The number of thiophene rings is 1. The van der Waals surface area contributed by atoms with E-state index in [1.54, 1.807) is 11.3 Å². The van der Waals surface area contributed by atoms with Crippen molar-refractivity contribution in [2.45, 2.75) is 70.9 Å². The SMILES string of the molecule is C=CCN1C[C@H](C)N([C@@H](c2ccsc2)c2cccc(O[Si](C)(C)C(C)(C)C)c2)C[C@H]1C. The Morgan fingerprint density at radius 3 is 2.52 bits per heavy atom. The normalized spacial score (nSPS) is 22.3. The summed E-state index contributed by atoms with van der Waals surface area (Å²) in [5.41, 5.74) is 2.71. The zero-order valence-corrected chi connectivity index (χ0v) is 22.2. The maximum atomic E-state index is 6.66. The average molecular weight is 457 g/mol. The largest absolute Gasteiger partial charge is 0.543 e. The summed E-state index contributed by atoms with van der Waals surface area (Å²) in [4.78, 5) is 5.22. The predicted molar refractivity (Wildman–Crippen MR) is 138 cm³/mol. The zero-order valence-electron chi connectivity index (χ0n) is 20.4. The lowest BCUT2D eigenvalue weighted by molar-refractivity contribution is 0.0307. The van der Waals surface area contributed by atoms with Crippen molar-refractivity contribution in [3.05, 3.63) is 64.9 Å². The molecule has 0 unspecified atom stereocenters. The molecule has 3 atom stereocenters. The first-order valence-corrected chi connectivity index (χ1v) is 15.3. The zero-order chi connectivity index (χ0) is 22.8. The molecule has 0 N–H and O–H groups in total. The van der Waals surface area contributed by atoms with Crippen LogP contribution >= 0.6 is 11.3 Å². The van der Waals surface area contributed by atoms with E-state index >= 15 is 0 Å². The number of hydrogen-bond acceptors (Lipinski definition) is 4. The minimum Gasteiger partial charge on any atom is -0.543 e. The predicted octanol–water partition coefficient (Wildman–Crippen LogP) is 6.80. The van der Waals surface area contributed by atoms with Crippen molar-refractivity contribution < 1.29 is 4.43 Å². The van der Waals surface area contributed by atoms with Gasteiger partial charge in [-0.1, -0.05) is 39.0 Å². The molecule has 1 aliphatic heterocycles. The molecule has 2 heterocycles. The van der Waals surface area contributed by atoms with Gasteiger partial charge in [-0.05, 0) is 72.1 Å². The van der Waals surface area contributed by atoms with Crippen molar-refractivity contribution in [3.8, 4) is 5.75 Å². The average Bonchev–Trinajstić information content (AvgIpc) is 3.19. The molecule has 0 aliphatic carbocycles. The first-order chi connectivity index (χ1) is 14.5. The molecule has 1 aromatic carbocycles. The van der Waals surface area contributed by atoms with E-state index in [-0.39, 0.29) is 11.1 Å². The maximum absolute atomic E-state index is 6.66. The topological polar surface area (TPSA) is 15.7 Å². The van der Waals surface area contributed by atoms with Gasteiger partial charge in [0.2, 0.25) is 8.32 Å². The van der Waals surface area contributed by atoms with Crippen LogP contribution in [0.15, 0.2) is 53.7 Å². The fourth-order valence-corrected chi connectivity index (χ4v) is 5.91. The van der Waals surface area contributed by atoms with Crippen molar-refractivity contribution in [1.82, 2.24) is 9.80 Å². The molecular weight excluding hydrogens is 416 g/mol. The lowest BCUT2D eigenvalue weighted by Crippen LogP contribution is -2.57. The Morgan fingerprint density at radius 1 is 1.16 bits per heavy atom. The fourth-order valence-electron chi connectivity index (χ4n) is 4.21. The Balaban J connectivity index is 1.93. The number of benzene rings is 1. The number of nitrogens with zero attached hydrogens (tertiary/aromatic N) is 2. The van der Waals surface area contributed by atoms with E-state index in [0.717, 1.165) is 25.4 Å². The van der Waals surface area contributed by atoms with Crippen LogP contribution in [-0.2, 0) is 0 Å². The van der Waals surface area contributed by atoms with E-state index < -0.39 is 8.32 Å². The highest BCUT2D eigenvalue weighted by Crippen LogP contribution is 2.39. The molecule has 2 aromatic rings. The van der Waals surface area contributed by atoms with Gasteiger partial charge in [0, 0.05) is 31.7 Å². The van der Waals surface area contributed by atoms with Crippen molar-refractivity contribution in [2.24, 2.45) is 0 Å². The molecule has 31 heavy (non-hydrogen) atoms. The Hall–Kier alpha value is -1.40. The fraction of sp³-hybridized carbons (Fsp3) is 0.538. The monoisotopic (exact) mass is 456 g/mol. The standard InChI is InChI=1S/C26H40N2OSSi/c1-9-14-27-17-21(3)28(18-20(27)2)25(23-13-15-30-19-23)22-11-10-12-24(16-22)29-31(7,8)26(4,5)6/h9-13,15-16,19-21,25H,1,14,17-18H2,2-8H3/t20-,21+,25-/m1/s1. The Morgan fingerprint density at radius 2 is 1.90 bits per heavy atom. The van der Waals surface area contributed by atoms with Crippen LogP contribution in [0.2, 0.25) is 18.1 Å². The second kappa shape index (κ2) is 9.61. The minimum absolute atomic E-state index is 0.182. The second-order valence-electron chi connectivity index (χ2n) is 10.5. The third-order valence-corrected chi connectivity index (χ3v) is 12.1. The third kappa shape index (κ3) is 5.51. The van der Waals surface area contributed by atoms with Gasteiger partial charge in [-0.15, -0.1) is 6.58 Å². The van der Waals surface area contributed by atoms with Gasteiger partial charge in [-0.25, -0.2) is 0 Å². The molecule has 3 nitrogen and oxygen atoms in total. The molecule has 3 rings (SSSR count). The summed E-state index contributed by atoms with van der Waals surface area (Å²) in [6, 6.07) is 12.3. The highest BCUT2D eigenvalue weighted by molar-refractivity contribution is 7.08. The molecule has 0 bridgehead atoms. The van der Waals surface area contributed by atoms with Gasteiger partial charge in [0.05, 0.1) is 6.04 Å². The molecule has 0 saturated carbocycles.